The average Bonchev–Trinajstić information content (AvgIpc) is 3.75. The van der Waals surface area contributed by atoms with Gasteiger partial charge in [-0.2, -0.15) is 14.7 Å². The summed E-state index contributed by atoms with van der Waals surface area (Å²) in [6.45, 7) is 1.50. The third-order valence-corrected chi connectivity index (χ3v) is 7.85. The van der Waals surface area contributed by atoms with Crippen LogP contribution in [0.1, 0.15) is 65.2 Å². The number of carbonyl (C=O) groups is 2. The number of aromatic amines is 2. The fourth-order valence-corrected chi connectivity index (χ4v) is 6.15. The Labute approximate surface area is 221 Å². The van der Waals surface area contributed by atoms with Crippen LogP contribution in [0.2, 0.25) is 0 Å². The molecule has 13 heteroatoms. The summed E-state index contributed by atoms with van der Waals surface area (Å²) in [4.78, 5) is 48.8. The van der Waals surface area contributed by atoms with Crippen LogP contribution in [0.25, 0.3) is 28.3 Å². The second-order valence-electron chi connectivity index (χ2n) is 10.1. The molecular formula is C26H25N11O2. The van der Waals surface area contributed by atoms with Gasteiger partial charge in [0, 0.05) is 47.7 Å². The van der Waals surface area contributed by atoms with Crippen LogP contribution in [0.15, 0.2) is 43.2 Å². The monoisotopic (exact) mass is 523 g/mol. The summed E-state index contributed by atoms with van der Waals surface area (Å²) < 4.78 is 1.52. The van der Waals surface area contributed by atoms with Crippen molar-refractivity contribution in [1.29, 1.82) is 0 Å². The van der Waals surface area contributed by atoms with Crippen LogP contribution in [-0.2, 0) is 0 Å². The van der Waals surface area contributed by atoms with Crippen LogP contribution in [0.4, 0.5) is 5.82 Å². The van der Waals surface area contributed by atoms with Gasteiger partial charge in [0.2, 0.25) is 5.82 Å². The molecule has 5 aromatic rings. The predicted molar refractivity (Wildman–Crippen MR) is 140 cm³/mol. The van der Waals surface area contributed by atoms with Crippen LogP contribution >= 0.6 is 0 Å². The number of pyridine rings is 1. The zero-order chi connectivity index (χ0) is 26.7. The Bertz CT molecular complexity index is 1680. The second-order valence-corrected chi connectivity index (χ2v) is 10.1. The van der Waals surface area contributed by atoms with E-state index in [1.807, 2.05) is 17.0 Å². The highest BCUT2D eigenvalue weighted by Crippen LogP contribution is 2.45. The van der Waals surface area contributed by atoms with Gasteiger partial charge in [-0.15, -0.1) is 0 Å². The zero-order valence-electron chi connectivity index (χ0n) is 21.1. The maximum absolute atomic E-state index is 13.1. The molecule has 7 rings (SSSR count). The van der Waals surface area contributed by atoms with E-state index < -0.39 is 0 Å². The Hall–Kier alpha value is -4.94. The number of imidazole rings is 1. The van der Waals surface area contributed by atoms with Crippen LogP contribution in [0.3, 0.4) is 0 Å². The fraction of sp³-hybridized carbons (Fsp3) is 0.308. The SMILES string of the molecule is CC(=O)c1c(C2CC3CCC(C2)N3C(=O)c2ncn[nH]2)nc2c(-c3ccc(-c4ncc[nH]4)nc3)cnn2c1N. The van der Waals surface area contributed by atoms with Crippen LogP contribution < -0.4 is 5.73 Å². The Morgan fingerprint density at radius 1 is 1.08 bits per heavy atom. The first-order chi connectivity index (χ1) is 19.0. The number of rotatable bonds is 5. The van der Waals surface area contributed by atoms with E-state index in [-0.39, 0.29) is 41.3 Å². The van der Waals surface area contributed by atoms with E-state index in [4.69, 9.17) is 10.7 Å². The summed E-state index contributed by atoms with van der Waals surface area (Å²) >= 11 is 0. The van der Waals surface area contributed by atoms with Gasteiger partial charge < -0.3 is 15.6 Å². The lowest BCUT2D eigenvalue weighted by atomic mass is 9.85. The quantitative estimate of drug-likeness (QED) is 0.292. The minimum absolute atomic E-state index is 0.0214. The van der Waals surface area contributed by atoms with E-state index in [0.29, 0.717) is 35.6 Å². The third kappa shape index (κ3) is 3.68. The summed E-state index contributed by atoms with van der Waals surface area (Å²) in [5.41, 5.74) is 10.5. The van der Waals surface area contributed by atoms with Gasteiger partial charge in [-0.1, -0.05) is 6.07 Å². The third-order valence-electron chi connectivity index (χ3n) is 7.85. The lowest BCUT2D eigenvalue weighted by Gasteiger charge is -2.38. The van der Waals surface area contributed by atoms with Gasteiger partial charge in [0.1, 0.15) is 17.8 Å². The highest BCUT2D eigenvalue weighted by molar-refractivity contribution is 6.00. The number of Topliss-reactive ketones (excluding diaryl/α,β-unsaturated/α-hetero) is 1. The molecule has 0 aromatic carbocycles. The molecule has 2 saturated heterocycles. The molecule has 1 amide bonds. The largest absolute Gasteiger partial charge is 0.383 e. The summed E-state index contributed by atoms with van der Waals surface area (Å²) in [5.74, 6) is 0.854. The molecule has 39 heavy (non-hydrogen) atoms. The Morgan fingerprint density at radius 3 is 2.54 bits per heavy atom. The fourth-order valence-electron chi connectivity index (χ4n) is 6.15. The van der Waals surface area contributed by atoms with Crippen molar-refractivity contribution in [3.63, 3.8) is 0 Å². The molecule has 2 bridgehead atoms. The van der Waals surface area contributed by atoms with Gasteiger partial charge in [-0.3, -0.25) is 19.7 Å². The van der Waals surface area contributed by atoms with Gasteiger partial charge in [-0.05, 0) is 38.7 Å². The molecular weight excluding hydrogens is 498 g/mol. The number of ketones is 1. The number of nitrogens with zero attached hydrogens (tertiary/aromatic N) is 8. The molecule has 2 fully saturated rings. The van der Waals surface area contributed by atoms with E-state index in [2.05, 4.69) is 35.2 Å². The topological polar surface area (TPSA) is 177 Å². The standard InChI is InChI=1S/C26H25N11O2/c1-13(38)20-21(15-8-16-3-4-17(9-15)36(16)26(39)24-31-12-32-35-24)34-25-18(11-33-37(25)22(20)27)14-2-5-19(30-10-14)23-28-6-7-29-23/h2,5-7,10-12,15-17H,3-4,8-9,27H2,1H3,(H,28,29)(H,31,32,35). The zero-order valence-corrected chi connectivity index (χ0v) is 21.1. The van der Waals surface area contributed by atoms with Gasteiger partial charge >= 0.3 is 0 Å². The number of carbonyl (C=O) groups excluding carboxylic acids is 2. The minimum atomic E-state index is -0.161. The number of hydrogen-bond donors (Lipinski definition) is 3. The maximum atomic E-state index is 13.1. The van der Waals surface area contributed by atoms with Gasteiger partial charge in [0.05, 0.1) is 17.5 Å². The molecule has 2 unspecified atom stereocenters. The number of piperidine rings is 1. The number of anilines is 1. The van der Waals surface area contributed by atoms with E-state index in [1.165, 1.54) is 17.8 Å². The summed E-state index contributed by atoms with van der Waals surface area (Å²) in [7, 11) is 0. The Kier molecular flexibility index (Phi) is 5.25. The van der Waals surface area contributed by atoms with Crippen molar-refractivity contribution in [3.05, 3.63) is 60.3 Å². The second kappa shape index (κ2) is 8.82. The lowest BCUT2D eigenvalue weighted by Crippen LogP contribution is -2.46. The highest BCUT2D eigenvalue weighted by atomic mass is 16.2. The maximum Gasteiger partial charge on any atom is 0.291 e. The summed E-state index contributed by atoms with van der Waals surface area (Å²) in [6.07, 6.45) is 11.4. The Balaban J connectivity index is 1.27. The van der Waals surface area contributed by atoms with Crippen molar-refractivity contribution in [2.75, 3.05) is 5.73 Å². The number of amides is 1. The van der Waals surface area contributed by atoms with E-state index in [1.54, 1.807) is 24.8 Å². The molecule has 13 nitrogen and oxygen atoms in total. The molecule has 5 aromatic heterocycles. The van der Waals surface area contributed by atoms with Crippen LogP contribution in [0, 0.1) is 0 Å². The molecule has 7 heterocycles. The average molecular weight is 524 g/mol. The molecule has 2 atom stereocenters. The first kappa shape index (κ1) is 23.2. The van der Waals surface area contributed by atoms with E-state index >= 15 is 0 Å². The van der Waals surface area contributed by atoms with Crippen molar-refractivity contribution in [1.82, 2.24) is 49.6 Å². The summed E-state index contributed by atoms with van der Waals surface area (Å²) in [6, 6.07) is 3.86. The molecule has 0 saturated carbocycles. The minimum Gasteiger partial charge on any atom is -0.383 e. The van der Waals surface area contributed by atoms with Gasteiger partial charge in [0.25, 0.3) is 5.91 Å². The number of aromatic nitrogens is 9. The molecule has 0 radical (unpaired) electrons. The molecule has 2 aliphatic heterocycles. The lowest BCUT2D eigenvalue weighted by molar-refractivity contribution is 0.0556. The number of H-pyrrole nitrogens is 2. The number of nitrogens with one attached hydrogen (secondary N) is 2. The van der Waals surface area contributed by atoms with Crippen LogP contribution in [0.5, 0.6) is 0 Å². The molecule has 196 valence electrons. The van der Waals surface area contributed by atoms with Crippen molar-refractivity contribution < 1.29 is 9.59 Å². The number of nitrogen functional groups attached to an aromatic ring is 1. The van der Waals surface area contributed by atoms with Gasteiger partial charge in [-0.25, -0.2) is 15.0 Å². The van der Waals surface area contributed by atoms with Crippen LogP contribution in [-0.4, -0.2) is 73.4 Å². The number of fused-ring (bicyclic) bond motifs is 3. The normalized spacial score (nSPS) is 20.5. The van der Waals surface area contributed by atoms with Crippen molar-refractivity contribution in [3.8, 4) is 22.6 Å². The molecule has 4 N–H and O–H groups in total. The van der Waals surface area contributed by atoms with Gasteiger partial charge in [0.15, 0.2) is 17.3 Å². The smallest absolute Gasteiger partial charge is 0.291 e. The first-order valence-corrected chi connectivity index (χ1v) is 12.8. The number of hydrogen-bond acceptors (Lipinski definition) is 9. The first-order valence-electron chi connectivity index (χ1n) is 12.8. The molecule has 0 spiro atoms. The summed E-state index contributed by atoms with van der Waals surface area (Å²) in [5, 5.41) is 11.0. The van der Waals surface area contributed by atoms with E-state index in [0.717, 1.165) is 29.7 Å². The van der Waals surface area contributed by atoms with Crippen molar-refractivity contribution in [2.45, 2.75) is 50.6 Å². The molecule has 2 aliphatic rings. The van der Waals surface area contributed by atoms with E-state index in [9.17, 15) is 9.59 Å². The predicted octanol–water partition coefficient (Wildman–Crippen LogP) is 2.64. The van der Waals surface area contributed by atoms with Crippen molar-refractivity contribution >= 4 is 23.2 Å². The Morgan fingerprint density at radius 2 is 1.90 bits per heavy atom. The number of nitrogens with two attached hydrogens (primary N) is 1. The molecule has 0 aliphatic carbocycles. The van der Waals surface area contributed by atoms with Crippen molar-refractivity contribution in [2.24, 2.45) is 0 Å². The highest BCUT2D eigenvalue weighted by Gasteiger charge is 2.45.